The number of hydrogen-bond donors (Lipinski definition) is 2. The molecule has 11 heteroatoms. The van der Waals surface area contributed by atoms with Crippen LogP contribution in [0.15, 0.2) is 30.3 Å². The monoisotopic (exact) mass is 425 g/mol. The zero-order valence-corrected chi connectivity index (χ0v) is 16.3. The van der Waals surface area contributed by atoms with E-state index in [9.17, 15) is 18.0 Å². The smallest absolute Gasteiger partial charge is 0.406 e. The van der Waals surface area contributed by atoms with Gasteiger partial charge in [0.15, 0.2) is 0 Å². The Morgan fingerprint density at radius 1 is 1.17 bits per heavy atom. The van der Waals surface area contributed by atoms with Crippen molar-refractivity contribution >= 4 is 17.7 Å². The Labute approximate surface area is 171 Å². The molecule has 2 N–H and O–H groups in total. The van der Waals surface area contributed by atoms with E-state index in [-0.39, 0.29) is 17.9 Å². The first-order chi connectivity index (χ1) is 14.3. The van der Waals surface area contributed by atoms with Gasteiger partial charge in [0.25, 0.3) is 5.91 Å². The average molecular weight is 425 g/mol. The number of aryl methyl sites for hydroxylation is 1. The summed E-state index contributed by atoms with van der Waals surface area (Å²) in [6.07, 6.45) is -4.77. The fourth-order valence-electron chi connectivity index (χ4n) is 2.85. The first kappa shape index (κ1) is 21.6. The van der Waals surface area contributed by atoms with Crippen molar-refractivity contribution in [3.8, 4) is 5.75 Å². The third kappa shape index (κ3) is 6.48. The number of halogens is 3. The van der Waals surface area contributed by atoms with Gasteiger partial charge in [0.05, 0.1) is 13.2 Å². The summed E-state index contributed by atoms with van der Waals surface area (Å²) in [5, 5.41) is 5.75. The molecule has 162 valence electrons. The number of ether oxygens (including phenoxy) is 2. The summed E-state index contributed by atoms with van der Waals surface area (Å²) >= 11 is 0. The Kier molecular flexibility index (Phi) is 6.93. The summed E-state index contributed by atoms with van der Waals surface area (Å²) in [6, 6.07) is 6.62. The van der Waals surface area contributed by atoms with Crippen LogP contribution in [-0.2, 0) is 4.74 Å². The lowest BCUT2D eigenvalue weighted by molar-refractivity contribution is -0.274. The molecule has 0 radical (unpaired) electrons. The zero-order valence-electron chi connectivity index (χ0n) is 16.3. The van der Waals surface area contributed by atoms with E-state index in [1.807, 2.05) is 13.0 Å². The van der Waals surface area contributed by atoms with Gasteiger partial charge in [-0.1, -0.05) is 0 Å². The number of rotatable bonds is 7. The second-order valence-corrected chi connectivity index (χ2v) is 6.55. The van der Waals surface area contributed by atoms with Gasteiger partial charge in [-0.3, -0.25) is 4.79 Å². The Hall–Kier alpha value is -3.08. The van der Waals surface area contributed by atoms with Crippen molar-refractivity contribution in [3.63, 3.8) is 0 Å². The number of anilines is 2. The summed E-state index contributed by atoms with van der Waals surface area (Å²) in [6.45, 7) is 5.38. The van der Waals surface area contributed by atoms with Gasteiger partial charge in [0.1, 0.15) is 11.6 Å². The minimum absolute atomic E-state index is 0.228. The summed E-state index contributed by atoms with van der Waals surface area (Å²) in [7, 11) is 0. The van der Waals surface area contributed by atoms with Crippen molar-refractivity contribution in [2.45, 2.75) is 13.3 Å². The van der Waals surface area contributed by atoms with E-state index in [0.717, 1.165) is 36.7 Å². The number of alkyl halides is 3. The number of carbonyl (C=O) groups excluding carboxylic acids is 1. The van der Waals surface area contributed by atoms with Gasteiger partial charge < -0.3 is 25.0 Å². The molecule has 1 aliphatic rings. The topological polar surface area (TPSA) is 88.6 Å². The average Bonchev–Trinajstić information content (AvgIpc) is 2.71. The number of nitrogens with one attached hydrogen (secondary N) is 2. The quantitative estimate of drug-likeness (QED) is 0.659. The maximum Gasteiger partial charge on any atom is 0.573 e. The molecular weight excluding hydrogens is 403 g/mol. The van der Waals surface area contributed by atoms with E-state index in [1.54, 1.807) is 0 Å². The highest BCUT2D eigenvalue weighted by molar-refractivity contribution is 5.94. The van der Waals surface area contributed by atoms with Crippen molar-refractivity contribution < 1.29 is 27.4 Å². The van der Waals surface area contributed by atoms with Crippen LogP contribution in [0.2, 0.25) is 0 Å². The molecule has 1 aliphatic heterocycles. The van der Waals surface area contributed by atoms with E-state index in [0.29, 0.717) is 25.7 Å². The van der Waals surface area contributed by atoms with Crippen LogP contribution in [0.5, 0.6) is 5.75 Å². The molecule has 1 aromatic heterocycles. The van der Waals surface area contributed by atoms with Gasteiger partial charge in [-0.15, -0.1) is 13.2 Å². The van der Waals surface area contributed by atoms with Crippen LogP contribution in [0.4, 0.5) is 24.9 Å². The lowest BCUT2D eigenvalue weighted by Gasteiger charge is -2.28. The zero-order chi connectivity index (χ0) is 21.6. The highest BCUT2D eigenvalue weighted by Crippen LogP contribution is 2.22. The van der Waals surface area contributed by atoms with Crippen LogP contribution in [0.1, 0.15) is 16.1 Å². The van der Waals surface area contributed by atoms with E-state index >= 15 is 0 Å². The van der Waals surface area contributed by atoms with E-state index in [4.69, 9.17) is 4.74 Å². The Bertz CT molecular complexity index is 855. The highest BCUT2D eigenvalue weighted by Gasteiger charge is 2.31. The van der Waals surface area contributed by atoms with Crippen LogP contribution >= 0.6 is 0 Å². The van der Waals surface area contributed by atoms with Gasteiger partial charge in [0.2, 0.25) is 5.95 Å². The number of nitrogens with zero attached hydrogens (tertiary/aromatic N) is 3. The molecule has 3 rings (SSSR count). The molecule has 1 aromatic carbocycles. The van der Waals surface area contributed by atoms with Gasteiger partial charge >= 0.3 is 6.36 Å². The first-order valence-electron chi connectivity index (χ1n) is 9.36. The molecule has 0 spiro atoms. The summed E-state index contributed by atoms with van der Waals surface area (Å²) in [4.78, 5) is 23.1. The van der Waals surface area contributed by atoms with Crippen LogP contribution < -0.4 is 20.3 Å². The summed E-state index contributed by atoms with van der Waals surface area (Å²) in [5.41, 5.74) is 1.05. The lowest BCUT2D eigenvalue weighted by Crippen LogP contribution is -2.37. The van der Waals surface area contributed by atoms with E-state index in [2.05, 4.69) is 30.2 Å². The van der Waals surface area contributed by atoms with Crippen molar-refractivity contribution in [2.75, 3.05) is 49.6 Å². The number of benzene rings is 1. The van der Waals surface area contributed by atoms with Gasteiger partial charge in [-0.05, 0) is 31.2 Å². The second kappa shape index (κ2) is 9.61. The molecular formula is C19H22F3N5O3. The lowest BCUT2D eigenvalue weighted by atomic mass is 10.2. The first-order valence-corrected chi connectivity index (χ1v) is 9.36. The minimum Gasteiger partial charge on any atom is -0.406 e. The fraction of sp³-hybridized carbons (Fsp3) is 0.421. The second-order valence-electron chi connectivity index (χ2n) is 6.55. The third-order valence-corrected chi connectivity index (χ3v) is 4.22. The Balaban J connectivity index is 1.47. The third-order valence-electron chi connectivity index (χ3n) is 4.22. The molecule has 2 heterocycles. The van der Waals surface area contributed by atoms with Crippen LogP contribution in [-0.4, -0.2) is 61.6 Å². The van der Waals surface area contributed by atoms with Crippen LogP contribution in [0.3, 0.4) is 0 Å². The molecule has 1 fully saturated rings. The van der Waals surface area contributed by atoms with Crippen LogP contribution in [0, 0.1) is 6.92 Å². The normalized spacial score (nSPS) is 14.3. The number of carbonyl (C=O) groups is 1. The van der Waals surface area contributed by atoms with Gasteiger partial charge in [0, 0.05) is 43.5 Å². The molecule has 0 saturated carbocycles. The Morgan fingerprint density at radius 3 is 2.53 bits per heavy atom. The molecule has 8 nitrogen and oxygen atoms in total. The fourth-order valence-corrected chi connectivity index (χ4v) is 2.85. The standard InChI is InChI=1S/C19H22F3N5O3/c1-13-12-16(27-8-10-29-11-9-27)26-18(25-13)24-7-6-23-17(28)14-2-4-15(5-3-14)30-19(20,21)22/h2-5,12H,6-11H2,1H3,(H,23,28)(H,24,25,26). The molecule has 0 aliphatic carbocycles. The van der Waals surface area contributed by atoms with E-state index < -0.39 is 12.3 Å². The van der Waals surface area contributed by atoms with Crippen molar-refractivity contribution in [2.24, 2.45) is 0 Å². The molecule has 30 heavy (non-hydrogen) atoms. The van der Waals surface area contributed by atoms with Crippen LogP contribution in [0.25, 0.3) is 0 Å². The highest BCUT2D eigenvalue weighted by atomic mass is 19.4. The molecule has 1 saturated heterocycles. The Morgan fingerprint density at radius 2 is 1.87 bits per heavy atom. The largest absolute Gasteiger partial charge is 0.573 e. The maximum absolute atomic E-state index is 12.2. The predicted octanol–water partition coefficient (Wildman–Crippen LogP) is 2.36. The predicted molar refractivity (Wildman–Crippen MR) is 104 cm³/mol. The minimum atomic E-state index is -4.77. The molecule has 2 aromatic rings. The SMILES string of the molecule is Cc1cc(N2CCOCC2)nc(NCCNC(=O)c2ccc(OC(F)(F)F)cc2)n1. The van der Waals surface area contributed by atoms with Crippen molar-refractivity contribution in [1.29, 1.82) is 0 Å². The van der Waals surface area contributed by atoms with Gasteiger partial charge in [-0.2, -0.15) is 4.98 Å². The molecule has 0 bridgehead atoms. The molecule has 1 amide bonds. The van der Waals surface area contributed by atoms with Gasteiger partial charge in [-0.25, -0.2) is 4.98 Å². The number of amides is 1. The summed E-state index contributed by atoms with van der Waals surface area (Å²) in [5.74, 6) is 0.487. The van der Waals surface area contributed by atoms with E-state index in [1.165, 1.54) is 12.1 Å². The number of hydrogen-bond acceptors (Lipinski definition) is 7. The molecule has 0 atom stereocenters. The molecule has 0 unspecified atom stereocenters. The van der Waals surface area contributed by atoms with Crippen molar-refractivity contribution in [3.05, 3.63) is 41.6 Å². The maximum atomic E-state index is 12.2. The summed E-state index contributed by atoms with van der Waals surface area (Å²) < 4.78 is 45.7. The number of aromatic nitrogens is 2. The number of morpholine rings is 1. The van der Waals surface area contributed by atoms with Crippen molar-refractivity contribution in [1.82, 2.24) is 15.3 Å².